The predicted molar refractivity (Wildman–Crippen MR) is 186 cm³/mol. The second-order valence-corrected chi connectivity index (χ2v) is 18.7. The number of fused-ring (bicyclic) bond motifs is 5. The number of hydrogen-bond donors (Lipinski definition) is 1. The second kappa shape index (κ2) is 13.6. The Morgan fingerprint density at radius 3 is 2.22 bits per heavy atom. The summed E-state index contributed by atoms with van der Waals surface area (Å²) in [6.07, 6.45) is 5.68. The van der Waals surface area contributed by atoms with Crippen molar-refractivity contribution >= 4 is 49.8 Å². The standard InChI is InChI=1S/C37H56Br2O7/c1-20(2)26(38)12-11-23(32(42)44-19-45-33(43)34(5,6)7)30-25-17-28(41)31-35(8)15-14-29(46-22(4)40)21(3)24(35)13-16-36(31,9)37(25,10)18-27(30)39/h21,24-25,27-29,31,41H,11-19H2,1-10H3/b30-23-/t21-,24?,25?,27+,28?,29+,31?,35-,36-,37-/m0/s1. The summed E-state index contributed by atoms with van der Waals surface area (Å²) in [6, 6.07) is 0. The van der Waals surface area contributed by atoms with E-state index in [2.05, 4.69) is 59.6 Å². The van der Waals surface area contributed by atoms with Crippen LogP contribution >= 0.6 is 31.9 Å². The zero-order valence-electron chi connectivity index (χ0n) is 29.6. The van der Waals surface area contributed by atoms with Gasteiger partial charge in [0.15, 0.2) is 0 Å². The Bertz CT molecular complexity index is 1280. The Hall–Kier alpha value is -1.19. The lowest BCUT2D eigenvalue weighted by molar-refractivity contribution is -0.235. The number of aliphatic hydroxyl groups is 1. The zero-order valence-corrected chi connectivity index (χ0v) is 32.7. The lowest BCUT2D eigenvalue weighted by Crippen LogP contribution is -2.65. The van der Waals surface area contributed by atoms with Crippen LogP contribution in [0.4, 0.5) is 0 Å². The van der Waals surface area contributed by atoms with Crippen LogP contribution in [-0.2, 0) is 28.6 Å². The van der Waals surface area contributed by atoms with Gasteiger partial charge >= 0.3 is 17.9 Å². The summed E-state index contributed by atoms with van der Waals surface area (Å²) in [7, 11) is 0. The van der Waals surface area contributed by atoms with Crippen LogP contribution in [0.5, 0.6) is 0 Å². The molecule has 4 aliphatic rings. The molecule has 9 heteroatoms. The van der Waals surface area contributed by atoms with Crippen molar-refractivity contribution < 1.29 is 33.7 Å². The Morgan fingerprint density at radius 1 is 0.978 bits per heavy atom. The molecule has 7 nitrogen and oxygen atoms in total. The fourth-order valence-corrected chi connectivity index (χ4v) is 11.7. The van der Waals surface area contributed by atoms with Gasteiger partial charge < -0.3 is 19.3 Å². The molecule has 0 bridgehead atoms. The van der Waals surface area contributed by atoms with Gasteiger partial charge in [0.05, 0.1) is 11.5 Å². The molecule has 10 atom stereocenters. The molecule has 4 unspecified atom stereocenters. The molecule has 0 aromatic rings. The van der Waals surface area contributed by atoms with Gasteiger partial charge in [-0.25, -0.2) is 4.79 Å². The summed E-state index contributed by atoms with van der Waals surface area (Å²) >= 11 is 7.73. The maximum atomic E-state index is 13.9. The molecule has 0 aliphatic heterocycles. The number of carbonyl (C=O) groups excluding carboxylic acids is 3. The van der Waals surface area contributed by atoms with Gasteiger partial charge in [-0.05, 0) is 136 Å². The van der Waals surface area contributed by atoms with Crippen LogP contribution in [0.1, 0.15) is 121 Å². The van der Waals surface area contributed by atoms with E-state index in [0.717, 1.165) is 47.7 Å². The van der Waals surface area contributed by atoms with Gasteiger partial charge in [-0.15, -0.1) is 0 Å². The fraction of sp³-hybridized carbons (Fsp3) is 0.811. The number of aliphatic hydroxyl groups excluding tert-OH is 1. The summed E-state index contributed by atoms with van der Waals surface area (Å²) in [6.45, 7) is 19.8. The van der Waals surface area contributed by atoms with Crippen LogP contribution in [0.3, 0.4) is 0 Å². The molecule has 4 rings (SSSR count). The number of rotatable bonds is 7. The van der Waals surface area contributed by atoms with Crippen molar-refractivity contribution in [3.63, 3.8) is 0 Å². The van der Waals surface area contributed by atoms with Crippen molar-refractivity contribution in [2.24, 2.45) is 45.3 Å². The van der Waals surface area contributed by atoms with E-state index >= 15 is 0 Å². The summed E-state index contributed by atoms with van der Waals surface area (Å²) in [5.41, 5.74) is 1.68. The molecular weight excluding hydrogens is 716 g/mol. The van der Waals surface area contributed by atoms with Crippen molar-refractivity contribution in [1.29, 1.82) is 0 Å². The van der Waals surface area contributed by atoms with E-state index in [1.165, 1.54) is 6.92 Å². The van der Waals surface area contributed by atoms with E-state index in [4.69, 9.17) is 14.2 Å². The van der Waals surface area contributed by atoms with Crippen LogP contribution in [-0.4, -0.2) is 46.8 Å². The number of allylic oxidation sites excluding steroid dienone is 3. The van der Waals surface area contributed by atoms with Crippen molar-refractivity contribution in [2.45, 2.75) is 138 Å². The number of ether oxygens (including phenoxy) is 3. The molecule has 0 saturated heterocycles. The second-order valence-electron chi connectivity index (χ2n) is 16.6. The highest BCUT2D eigenvalue weighted by molar-refractivity contribution is 9.11. The maximum absolute atomic E-state index is 13.9. The topological polar surface area (TPSA) is 99.1 Å². The zero-order chi connectivity index (χ0) is 34.6. The number of hydrogen-bond acceptors (Lipinski definition) is 7. The molecule has 0 heterocycles. The highest BCUT2D eigenvalue weighted by Crippen LogP contribution is 2.75. The normalized spacial score (nSPS) is 39.7. The average Bonchev–Trinajstić information content (AvgIpc) is 3.19. The Balaban J connectivity index is 1.70. The van der Waals surface area contributed by atoms with Gasteiger partial charge in [-0.2, -0.15) is 0 Å². The van der Waals surface area contributed by atoms with E-state index in [-0.39, 0.29) is 50.9 Å². The monoisotopic (exact) mass is 770 g/mol. The van der Waals surface area contributed by atoms with E-state index in [0.29, 0.717) is 30.8 Å². The van der Waals surface area contributed by atoms with Gasteiger partial charge in [0.25, 0.3) is 0 Å². The molecule has 260 valence electrons. The molecule has 0 amide bonds. The molecule has 46 heavy (non-hydrogen) atoms. The Morgan fingerprint density at radius 2 is 1.63 bits per heavy atom. The minimum atomic E-state index is -0.701. The smallest absolute Gasteiger partial charge is 0.336 e. The van der Waals surface area contributed by atoms with Crippen LogP contribution < -0.4 is 0 Å². The molecule has 0 aromatic heterocycles. The maximum Gasteiger partial charge on any atom is 0.336 e. The number of alkyl halides is 1. The van der Waals surface area contributed by atoms with Gasteiger partial charge in [0, 0.05) is 17.3 Å². The lowest BCUT2D eigenvalue weighted by Gasteiger charge is -2.69. The van der Waals surface area contributed by atoms with Gasteiger partial charge in [0.2, 0.25) is 6.79 Å². The molecule has 4 fully saturated rings. The highest BCUT2D eigenvalue weighted by Gasteiger charge is 2.70. The minimum Gasteiger partial charge on any atom is -0.462 e. The van der Waals surface area contributed by atoms with Crippen molar-refractivity contribution in [2.75, 3.05) is 6.79 Å². The van der Waals surface area contributed by atoms with E-state index < -0.39 is 30.3 Å². The first kappa shape index (κ1) is 37.6. The van der Waals surface area contributed by atoms with Crippen molar-refractivity contribution in [3.05, 3.63) is 21.2 Å². The van der Waals surface area contributed by atoms with Gasteiger partial charge in [0.1, 0.15) is 6.10 Å². The number of halogens is 2. The van der Waals surface area contributed by atoms with E-state index in [1.807, 2.05) is 13.8 Å². The van der Waals surface area contributed by atoms with E-state index in [1.54, 1.807) is 20.8 Å². The fourth-order valence-electron chi connectivity index (χ4n) is 10.2. The van der Waals surface area contributed by atoms with Crippen molar-refractivity contribution in [1.82, 2.24) is 0 Å². The van der Waals surface area contributed by atoms with Crippen LogP contribution in [0.15, 0.2) is 21.2 Å². The van der Waals surface area contributed by atoms with E-state index in [9.17, 15) is 19.5 Å². The van der Waals surface area contributed by atoms with Crippen molar-refractivity contribution in [3.8, 4) is 0 Å². The molecule has 0 aromatic carbocycles. The summed E-state index contributed by atoms with van der Waals surface area (Å²) < 4.78 is 17.8. The van der Waals surface area contributed by atoms with Crippen LogP contribution in [0.25, 0.3) is 0 Å². The third-order valence-corrected chi connectivity index (χ3v) is 14.7. The highest BCUT2D eigenvalue weighted by atomic mass is 79.9. The van der Waals surface area contributed by atoms with Crippen LogP contribution in [0.2, 0.25) is 0 Å². The molecule has 0 spiro atoms. The molecular formula is C37H56Br2O7. The average molecular weight is 773 g/mol. The van der Waals surface area contributed by atoms with Crippen LogP contribution in [0, 0.1) is 45.3 Å². The molecule has 4 aliphatic carbocycles. The van der Waals surface area contributed by atoms with Gasteiger partial charge in [-0.1, -0.05) is 65.1 Å². The predicted octanol–water partition coefficient (Wildman–Crippen LogP) is 8.80. The Kier molecular flexibility index (Phi) is 11.1. The first-order valence-electron chi connectivity index (χ1n) is 17.1. The summed E-state index contributed by atoms with van der Waals surface area (Å²) in [5.74, 6) is -0.438. The largest absolute Gasteiger partial charge is 0.462 e. The number of esters is 3. The molecule has 1 N–H and O–H groups in total. The molecule has 0 radical (unpaired) electrons. The lowest BCUT2D eigenvalue weighted by atomic mass is 9.36. The third kappa shape index (κ3) is 6.68. The Labute approximate surface area is 293 Å². The molecule has 4 saturated carbocycles. The number of carbonyl (C=O) groups is 3. The summed E-state index contributed by atoms with van der Waals surface area (Å²) in [4.78, 5) is 38.1. The third-order valence-electron chi connectivity index (χ3n) is 12.7. The quantitative estimate of drug-likeness (QED) is 0.120. The van der Waals surface area contributed by atoms with Gasteiger partial charge in [-0.3, -0.25) is 9.59 Å². The first-order valence-corrected chi connectivity index (χ1v) is 18.8. The first-order chi connectivity index (χ1) is 21.2. The minimum absolute atomic E-state index is 0.00626. The summed E-state index contributed by atoms with van der Waals surface area (Å²) in [5, 5.41) is 12.2. The SMILES string of the molecule is CC(=O)O[C@@H]1CC[C@@]2(C)C(CC[C@@]3(C)C2C(O)CC2/C(=C(\CCC(Br)=C(C)C)C(=O)OCOC(=O)C(C)(C)C)[C@H](Br)C[C@@]23C)[C@@H]1C.